The number of piperidine rings is 1. The smallest absolute Gasteiger partial charge is 0.163 e. The number of nitrogens with zero attached hydrogens (tertiary/aromatic N) is 3. The van der Waals surface area contributed by atoms with Crippen LogP contribution in [0.5, 0.6) is 11.5 Å². The Hall–Kier alpha value is -2.71. The Morgan fingerprint density at radius 3 is 2.60 bits per heavy atom. The van der Waals surface area contributed by atoms with Gasteiger partial charge in [-0.2, -0.15) is 0 Å². The number of methoxy groups -OCH3 is 2. The molecule has 0 aliphatic carbocycles. The van der Waals surface area contributed by atoms with Crippen molar-refractivity contribution in [1.82, 2.24) is 19.9 Å². The summed E-state index contributed by atoms with van der Waals surface area (Å²) in [4.78, 5) is 15.2. The van der Waals surface area contributed by atoms with Crippen molar-refractivity contribution in [2.45, 2.75) is 25.3 Å². The number of halogens is 1. The number of nitrogens with one attached hydrogen (secondary N) is 1. The van der Waals surface area contributed by atoms with Gasteiger partial charge in [-0.25, -0.2) is 14.4 Å². The van der Waals surface area contributed by atoms with E-state index in [1.807, 2.05) is 18.2 Å². The van der Waals surface area contributed by atoms with E-state index in [0.717, 1.165) is 64.6 Å². The minimum Gasteiger partial charge on any atom is -0.493 e. The molecule has 4 aromatic rings. The van der Waals surface area contributed by atoms with E-state index in [1.54, 1.807) is 25.6 Å². The van der Waals surface area contributed by atoms with Gasteiger partial charge < -0.3 is 14.5 Å². The molecule has 0 spiro atoms. The molecule has 1 aliphatic rings. The van der Waals surface area contributed by atoms with Gasteiger partial charge in [-0.15, -0.1) is 11.3 Å². The van der Waals surface area contributed by atoms with Crippen LogP contribution in [0.15, 0.2) is 30.3 Å². The Kier molecular flexibility index (Phi) is 5.04. The number of aromatic nitrogens is 3. The van der Waals surface area contributed by atoms with Crippen molar-refractivity contribution in [2.75, 3.05) is 27.3 Å². The first kappa shape index (κ1) is 19.3. The molecule has 0 bridgehead atoms. The Balaban J connectivity index is 1.26. The number of likely N-dealkylation sites (tertiary alicyclic amines) is 1. The summed E-state index contributed by atoms with van der Waals surface area (Å²) >= 11 is 1.69. The van der Waals surface area contributed by atoms with Gasteiger partial charge in [0, 0.05) is 24.1 Å². The van der Waals surface area contributed by atoms with Crippen LogP contribution in [0.1, 0.15) is 29.6 Å². The van der Waals surface area contributed by atoms with Gasteiger partial charge in [-0.1, -0.05) is 0 Å². The molecule has 0 unspecified atom stereocenters. The molecular formula is C22H23FN4O2S. The van der Waals surface area contributed by atoms with Gasteiger partial charge in [0.05, 0.1) is 47.0 Å². The summed E-state index contributed by atoms with van der Waals surface area (Å²) in [5, 5.41) is 1.12. The Labute approximate surface area is 177 Å². The normalized spacial score (nSPS) is 15.8. The van der Waals surface area contributed by atoms with E-state index < -0.39 is 0 Å². The van der Waals surface area contributed by atoms with Gasteiger partial charge in [0.25, 0.3) is 0 Å². The molecule has 1 aliphatic heterocycles. The lowest BCUT2D eigenvalue weighted by atomic mass is 9.97. The van der Waals surface area contributed by atoms with Crippen LogP contribution in [0.3, 0.4) is 0 Å². The fraction of sp³-hybridized carbons (Fsp3) is 0.364. The van der Waals surface area contributed by atoms with Crippen LogP contribution in [0.25, 0.3) is 21.3 Å². The Morgan fingerprint density at radius 1 is 1.07 bits per heavy atom. The maximum absolute atomic E-state index is 13.4. The highest BCUT2D eigenvalue weighted by molar-refractivity contribution is 7.18. The van der Waals surface area contributed by atoms with E-state index in [2.05, 4.69) is 14.9 Å². The second kappa shape index (κ2) is 7.85. The third kappa shape index (κ3) is 3.61. The standard InChI is InChI=1S/C22H23FN4O2S/c1-28-18-10-15-16(11-19(18)29-2)25-21(24-15)12-27-7-5-13(6-8-27)22-26-17-9-14(23)3-4-20(17)30-22/h3-4,9-11,13H,5-8,12H2,1-2H3,(H,24,25). The molecular weight excluding hydrogens is 403 g/mol. The molecule has 2 aromatic carbocycles. The number of fused-ring (bicyclic) bond motifs is 2. The first-order valence-electron chi connectivity index (χ1n) is 10.0. The number of rotatable bonds is 5. The topological polar surface area (TPSA) is 63.3 Å². The van der Waals surface area contributed by atoms with Crippen LogP contribution >= 0.6 is 11.3 Å². The molecule has 5 rings (SSSR count). The number of thiazole rings is 1. The number of hydrogen-bond acceptors (Lipinski definition) is 6. The number of H-pyrrole nitrogens is 1. The lowest BCUT2D eigenvalue weighted by Crippen LogP contribution is -2.32. The molecule has 0 atom stereocenters. The van der Waals surface area contributed by atoms with Crippen LogP contribution < -0.4 is 9.47 Å². The summed E-state index contributed by atoms with van der Waals surface area (Å²) in [5.41, 5.74) is 2.59. The SMILES string of the molecule is COc1cc2nc(CN3CCC(c4nc5cc(F)ccc5s4)CC3)[nH]c2cc1OC. The first-order chi connectivity index (χ1) is 14.6. The summed E-state index contributed by atoms with van der Waals surface area (Å²) in [7, 11) is 3.26. The number of benzene rings is 2. The second-order valence-electron chi connectivity index (χ2n) is 7.62. The Morgan fingerprint density at radius 2 is 1.83 bits per heavy atom. The minimum absolute atomic E-state index is 0.227. The predicted molar refractivity (Wildman–Crippen MR) is 116 cm³/mol. The van der Waals surface area contributed by atoms with E-state index in [1.165, 1.54) is 12.1 Å². The fourth-order valence-corrected chi connectivity index (χ4v) is 5.22. The fourth-order valence-electron chi connectivity index (χ4n) is 4.11. The molecule has 3 heterocycles. The molecule has 0 amide bonds. The van der Waals surface area contributed by atoms with Gasteiger partial charge >= 0.3 is 0 Å². The number of hydrogen-bond donors (Lipinski definition) is 1. The molecule has 0 saturated carbocycles. The van der Waals surface area contributed by atoms with Crippen molar-refractivity contribution in [3.8, 4) is 11.5 Å². The average molecular weight is 427 g/mol. The minimum atomic E-state index is -0.227. The molecule has 1 saturated heterocycles. The summed E-state index contributed by atoms with van der Waals surface area (Å²) < 4.78 is 25.2. The highest BCUT2D eigenvalue weighted by Crippen LogP contribution is 2.35. The highest BCUT2D eigenvalue weighted by atomic mass is 32.1. The van der Waals surface area contributed by atoms with Crippen molar-refractivity contribution < 1.29 is 13.9 Å². The molecule has 2 aromatic heterocycles. The average Bonchev–Trinajstić information content (AvgIpc) is 3.35. The van der Waals surface area contributed by atoms with Crippen molar-refractivity contribution >= 4 is 32.6 Å². The van der Waals surface area contributed by atoms with Crippen LogP contribution in [0, 0.1) is 5.82 Å². The third-order valence-electron chi connectivity index (χ3n) is 5.71. The molecule has 8 heteroatoms. The van der Waals surface area contributed by atoms with Crippen LogP contribution in [0.2, 0.25) is 0 Å². The monoisotopic (exact) mass is 426 g/mol. The van der Waals surface area contributed by atoms with E-state index >= 15 is 0 Å². The zero-order chi connectivity index (χ0) is 20.7. The highest BCUT2D eigenvalue weighted by Gasteiger charge is 2.24. The van der Waals surface area contributed by atoms with Gasteiger partial charge in [0.2, 0.25) is 0 Å². The quantitative estimate of drug-likeness (QED) is 0.501. The van der Waals surface area contributed by atoms with E-state index in [0.29, 0.717) is 17.4 Å². The largest absolute Gasteiger partial charge is 0.493 e. The summed E-state index contributed by atoms with van der Waals surface area (Å²) in [5.74, 6) is 2.52. The second-order valence-corrected chi connectivity index (χ2v) is 8.68. The lowest BCUT2D eigenvalue weighted by molar-refractivity contribution is 0.201. The number of ether oxygens (including phenoxy) is 2. The van der Waals surface area contributed by atoms with Gasteiger partial charge in [-0.3, -0.25) is 4.90 Å². The van der Waals surface area contributed by atoms with Crippen molar-refractivity contribution in [1.29, 1.82) is 0 Å². The van der Waals surface area contributed by atoms with Gasteiger partial charge in [-0.05, 0) is 38.1 Å². The van der Waals surface area contributed by atoms with Gasteiger partial charge in [0.15, 0.2) is 11.5 Å². The predicted octanol–water partition coefficient (Wildman–Crippen LogP) is 4.71. The summed E-state index contributed by atoms with van der Waals surface area (Å²) in [6, 6.07) is 8.68. The van der Waals surface area contributed by atoms with E-state index in [9.17, 15) is 4.39 Å². The van der Waals surface area contributed by atoms with Gasteiger partial charge in [0.1, 0.15) is 11.6 Å². The van der Waals surface area contributed by atoms with Crippen molar-refractivity contribution in [3.05, 3.63) is 47.0 Å². The van der Waals surface area contributed by atoms with E-state index in [4.69, 9.17) is 14.5 Å². The molecule has 156 valence electrons. The first-order valence-corrected chi connectivity index (χ1v) is 10.8. The maximum atomic E-state index is 13.4. The van der Waals surface area contributed by atoms with Crippen LogP contribution in [-0.2, 0) is 6.54 Å². The summed E-state index contributed by atoms with van der Waals surface area (Å²) in [6.45, 7) is 2.74. The lowest BCUT2D eigenvalue weighted by Gasteiger charge is -2.30. The van der Waals surface area contributed by atoms with E-state index in [-0.39, 0.29) is 5.82 Å². The van der Waals surface area contributed by atoms with Crippen molar-refractivity contribution in [2.24, 2.45) is 0 Å². The van der Waals surface area contributed by atoms with Crippen molar-refractivity contribution in [3.63, 3.8) is 0 Å². The third-order valence-corrected chi connectivity index (χ3v) is 6.91. The zero-order valence-corrected chi connectivity index (χ0v) is 17.8. The molecule has 1 N–H and O–H groups in total. The number of imidazole rings is 1. The number of aromatic amines is 1. The van der Waals surface area contributed by atoms with Crippen LogP contribution in [0.4, 0.5) is 4.39 Å². The molecule has 0 radical (unpaired) electrons. The van der Waals surface area contributed by atoms with Crippen LogP contribution in [-0.4, -0.2) is 47.2 Å². The summed E-state index contributed by atoms with van der Waals surface area (Å²) in [6.07, 6.45) is 2.09. The zero-order valence-electron chi connectivity index (χ0n) is 16.9. The molecule has 6 nitrogen and oxygen atoms in total. The maximum Gasteiger partial charge on any atom is 0.163 e. The Bertz CT molecular complexity index is 1160. The molecule has 1 fully saturated rings. The molecule has 30 heavy (non-hydrogen) atoms.